The van der Waals surface area contributed by atoms with Crippen LogP contribution in [0.2, 0.25) is 0 Å². The number of aliphatic hydroxyl groups excluding tert-OH is 2. The fourth-order valence-electron chi connectivity index (χ4n) is 1.13. The SMILES string of the molecule is CCN(CCO)C(=O)CCCCO. The van der Waals surface area contributed by atoms with Crippen molar-refractivity contribution in [2.24, 2.45) is 0 Å². The monoisotopic (exact) mass is 189 g/mol. The Balaban J connectivity index is 3.64. The van der Waals surface area contributed by atoms with Gasteiger partial charge in [0.2, 0.25) is 5.91 Å². The van der Waals surface area contributed by atoms with E-state index in [4.69, 9.17) is 10.2 Å². The molecule has 0 aromatic heterocycles. The van der Waals surface area contributed by atoms with E-state index in [0.29, 0.717) is 25.9 Å². The van der Waals surface area contributed by atoms with Crippen molar-refractivity contribution in [1.82, 2.24) is 4.90 Å². The van der Waals surface area contributed by atoms with Gasteiger partial charge in [0.15, 0.2) is 0 Å². The molecule has 0 aliphatic carbocycles. The highest BCUT2D eigenvalue weighted by atomic mass is 16.3. The third-order valence-corrected chi connectivity index (χ3v) is 1.90. The molecule has 0 rings (SSSR count). The molecule has 0 spiro atoms. The van der Waals surface area contributed by atoms with Gasteiger partial charge in [-0.1, -0.05) is 0 Å². The van der Waals surface area contributed by atoms with Gasteiger partial charge in [0.1, 0.15) is 0 Å². The number of rotatable bonds is 7. The Bertz CT molecular complexity index is 139. The number of unbranched alkanes of at least 4 members (excludes halogenated alkanes) is 1. The van der Waals surface area contributed by atoms with Crippen molar-refractivity contribution in [3.05, 3.63) is 0 Å². The molecule has 1 amide bonds. The Morgan fingerprint density at radius 1 is 1.23 bits per heavy atom. The minimum absolute atomic E-state index is 0.0135. The molecule has 0 saturated carbocycles. The lowest BCUT2D eigenvalue weighted by Crippen LogP contribution is -2.33. The zero-order chi connectivity index (χ0) is 10.1. The van der Waals surface area contributed by atoms with Gasteiger partial charge in [0.05, 0.1) is 6.61 Å². The van der Waals surface area contributed by atoms with Crippen LogP contribution in [-0.2, 0) is 4.79 Å². The molecule has 0 atom stereocenters. The topological polar surface area (TPSA) is 60.8 Å². The predicted molar refractivity (Wildman–Crippen MR) is 50.3 cm³/mol. The number of amides is 1. The van der Waals surface area contributed by atoms with Crippen LogP contribution in [0.5, 0.6) is 0 Å². The van der Waals surface area contributed by atoms with Crippen molar-refractivity contribution >= 4 is 5.91 Å². The highest BCUT2D eigenvalue weighted by molar-refractivity contribution is 5.76. The molecular weight excluding hydrogens is 170 g/mol. The van der Waals surface area contributed by atoms with Crippen molar-refractivity contribution in [2.75, 3.05) is 26.3 Å². The first-order chi connectivity index (χ1) is 6.26. The fraction of sp³-hybridized carbons (Fsp3) is 0.889. The maximum Gasteiger partial charge on any atom is 0.222 e. The van der Waals surface area contributed by atoms with Gasteiger partial charge in [0.25, 0.3) is 0 Å². The summed E-state index contributed by atoms with van der Waals surface area (Å²) in [5, 5.41) is 17.2. The molecule has 0 fully saturated rings. The van der Waals surface area contributed by atoms with Crippen molar-refractivity contribution in [2.45, 2.75) is 26.2 Å². The van der Waals surface area contributed by atoms with E-state index in [1.807, 2.05) is 6.92 Å². The van der Waals surface area contributed by atoms with Gasteiger partial charge in [-0.3, -0.25) is 4.79 Å². The first kappa shape index (κ1) is 12.4. The van der Waals surface area contributed by atoms with E-state index in [0.717, 1.165) is 6.42 Å². The van der Waals surface area contributed by atoms with E-state index in [1.165, 1.54) is 0 Å². The summed E-state index contributed by atoms with van der Waals surface area (Å²) in [6.07, 6.45) is 1.86. The largest absolute Gasteiger partial charge is 0.396 e. The maximum absolute atomic E-state index is 11.4. The summed E-state index contributed by atoms with van der Waals surface area (Å²) in [6.45, 7) is 3.09. The number of aliphatic hydroxyl groups is 2. The molecule has 4 heteroatoms. The predicted octanol–water partition coefficient (Wildman–Crippen LogP) is -0.0102. The van der Waals surface area contributed by atoms with E-state index in [1.54, 1.807) is 4.90 Å². The average Bonchev–Trinajstić information content (AvgIpc) is 2.14. The minimum Gasteiger partial charge on any atom is -0.396 e. The number of carbonyl (C=O) groups is 1. The molecule has 0 saturated heterocycles. The van der Waals surface area contributed by atoms with Gasteiger partial charge in [0, 0.05) is 26.1 Å². The van der Waals surface area contributed by atoms with Crippen LogP contribution in [0.15, 0.2) is 0 Å². The summed E-state index contributed by atoms with van der Waals surface area (Å²) >= 11 is 0. The lowest BCUT2D eigenvalue weighted by molar-refractivity contribution is -0.131. The number of carbonyl (C=O) groups excluding carboxylic acids is 1. The Hall–Kier alpha value is -0.610. The lowest BCUT2D eigenvalue weighted by atomic mass is 10.2. The molecule has 0 unspecified atom stereocenters. The van der Waals surface area contributed by atoms with E-state index in [-0.39, 0.29) is 19.1 Å². The number of nitrogens with zero attached hydrogens (tertiary/aromatic N) is 1. The highest BCUT2D eigenvalue weighted by Gasteiger charge is 2.09. The number of likely N-dealkylation sites (N-methyl/N-ethyl adjacent to an activating group) is 1. The Morgan fingerprint density at radius 2 is 1.92 bits per heavy atom. The Labute approximate surface area is 79.2 Å². The van der Waals surface area contributed by atoms with Gasteiger partial charge >= 0.3 is 0 Å². The van der Waals surface area contributed by atoms with Crippen LogP contribution in [0.3, 0.4) is 0 Å². The molecule has 0 aromatic rings. The second-order valence-electron chi connectivity index (χ2n) is 2.88. The number of hydrogen-bond acceptors (Lipinski definition) is 3. The molecule has 0 radical (unpaired) electrons. The fourth-order valence-corrected chi connectivity index (χ4v) is 1.13. The molecule has 0 bridgehead atoms. The standard InChI is InChI=1S/C9H19NO3/c1-2-10(6-8-12)9(13)5-3-4-7-11/h11-12H,2-8H2,1H3. The van der Waals surface area contributed by atoms with Crippen molar-refractivity contribution < 1.29 is 15.0 Å². The summed E-state index contributed by atoms with van der Waals surface area (Å²) in [5.41, 5.74) is 0. The molecule has 2 N–H and O–H groups in total. The van der Waals surface area contributed by atoms with Crippen molar-refractivity contribution in [3.8, 4) is 0 Å². The van der Waals surface area contributed by atoms with Crippen LogP contribution in [0.25, 0.3) is 0 Å². The zero-order valence-electron chi connectivity index (χ0n) is 8.20. The van der Waals surface area contributed by atoms with Crippen LogP contribution in [-0.4, -0.2) is 47.3 Å². The molecule has 78 valence electrons. The van der Waals surface area contributed by atoms with Crippen LogP contribution < -0.4 is 0 Å². The number of hydrogen-bond donors (Lipinski definition) is 2. The zero-order valence-corrected chi connectivity index (χ0v) is 8.20. The van der Waals surface area contributed by atoms with E-state index in [9.17, 15) is 4.79 Å². The first-order valence-electron chi connectivity index (χ1n) is 4.75. The van der Waals surface area contributed by atoms with Crippen LogP contribution in [0.1, 0.15) is 26.2 Å². The van der Waals surface area contributed by atoms with Gasteiger partial charge in [-0.2, -0.15) is 0 Å². The third-order valence-electron chi connectivity index (χ3n) is 1.90. The lowest BCUT2D eigenvalue weighted by Gasteiger charge is -2.19. The summed E-state index contributed by atoms with van der Waals surface area (Å²) < 4.78 is 0. The summed E-state index contributed by atoms with van der Waals surface area (Å²) in [5.74, 6) is 0.0602. The van der Waals surface area contributed by atoms with E-state index >= 15 is 0 Å². The molecule has 0 aromatic carbocycles. The highest BCUT2D eigenvalue weighted by Crippen LogP contribution is 2.00. The molecule has 0 aliphatic heterocycles. The Morgan fingerprint density at radius 3 is 2.38 bits per heavy atom. The smallest absolute Gasteiger partial charge is 0.222 e. The van der Waals surface area contributed by atoms with Gasteiger partial charge < -0.3 is 15.1 Å². The average molecular weight is 189 g/mol. The summed E-state index contributed by atoms with van der Waals surface area (Å²) in [6, 6.07) is 0. The first-order valence-corrected chi connectivity index (χ1v) is 4.75. The molecule has 4 nitrogen and oxygen atoms in total. The minimum atomic E-state index is 0.0135. The van der Waals surface area contributed by atoms with Gasteiger partial charge in [-0.05, 0) is 19.8 Å². The molecule has 0 heterocycles. The van der Waals surface area contributed by atoms with Gasteiger partial charge in [-0.25, -0.2) is 0 Å². The summed E-state index contributed by atoms with van der Waals surface area (Å²) in [4.78, 5) is 13.0. The molecule has 0 aliphatic rings. The Kier molecular flexibility index (Phi) is 7.63. The quantitative estimate of drug-likeness (QED) is 0.554. The van der Waals surface area contributed by atoms with E-state index < -0.39 is 0 Å². The van der Waals surface area contributed by atoms with E-state index in [2.05, 4.69) is 0 Å². The normalized spacial score (nSPS) is 10.1. The molecule has 13 heavy (non-hydrogen) atoms. The van der Waals surface area contributed by atoms with Crippen LogP contribution >= 0.6 is 0 Å². The van der Waals surface area contributed by atoms with Gasteiger partial charge in [-0.15, -0.1) is 0 Å². The van der Waals surface area contributed by atoms with Crippen LogP contribution in [0.4, 0.5) is 0 Å². The van der Waals surface area contributed by atoms with Crippen molar-refractivity contribution in [3.63, 3.8) is 0 Å². The van der Waals surface area contributed by atoms with Crippen molar-refractivity contribution in [1.29, 1.82) is 0 Å². The third kappa shape index (κ3) is 5.60. The second kappa shape index (κ2) is 8.01. The molecular formula is C9H19NO3. The second-order valence-corrected chi connectivity index (χ2v) is 2.88. The summed E-state index contributed by atoms with van der Waals surface area (Å²) in [7, 11) is 0. The maximum atomic E-state index is 11.4. The van der Waals surface area contributed by atoms with Crippen LogP contribution in [0, 0.1) is 0 Å².